The second kappa shape index (κ2) is 15.7. The van der Waals surface area contributed by atoms with Crippen molar-refractivity contribution in [1.29, 1.82) is 0 Å². The summed E-state index contributed by atoms with van der Waals surface area (Å²) in [6.45, 7) is 4.31. The first kappa shape index (κ1) is 29.0. The molecule has 0 saturated carbocycles. The van der Waals surface area contributed by atoms with Crippen LogP contribution in [0.5, 0.6) is 0 Å². The number of hydrogen-bond acceptors (Lipinski definition) is 4. The van der Waals surface area contributed by atoms with Crippen molar-refractivity contribution in [1.82, 2.24) is 10.6 Å². The smallest absolute Gasteiger partial charge is 0.251 e. The Morgan fingerprint density at radius 3 is 1.68 bits per heavy atom. The van der Waals surface area contributed by atoms with Gasteiger partial charge in [0, 0.05) is 24.0 Å². The molecule has 2 aromatic carbocycles. The van der Waals surface area contributed by atoms with Crippen LogP contribution in [-0.2, 0) is 4.79 Å². The van der Waals surface area contributed by atoms with Gasteiger partial charge in [-0.3, -0.25) is 14.4 Å². The van der Waals surface area contributed by atoms with Crippen molar-refractivity contribution in [3.63, 3.8) is 0 Å². The van der Waals surface area contributed by atoms with Gasteiger partial charge < -0.3 is 15.7 Å². The Hall–Kier alpha value is -3.08. The largest absolute Gasteiger partial charge is 0.389 e. The standard InChI is InChI=1S/C12H13NO2.C12H11NO2.C2H7P.CH4/c2*14-11-7-6-10(8-11)13-12(15)9-4-2-1-3-5-9;1-3-2;/h1-7,10-11,14H,8H2,(H,13,15);1-7,10H,8H2,(H,13,15);3H,1-2H3;1H4. The quantitative estimate of drug-likeness (QED) is 0.454. The van der Waals surface area contributed by atoms with Gasteiger partial charge in [0.05, 0.1) is 18.2 Å². The molecule has 2 aromatic rings. The van der Waals surface area contributed by atoms with Gasteiger partial charge in [0.15, 0.2) is 5.78 Å². The first-order chi connectivity index (χ1) is 15.9. The van der Waals surface area contributed by atoms with E-state index in [9.17, 15) is 19.5 Å². The molecule has 0 bridgehead atoms. The lowest BCUT2D eigenvalue weighted by Crippen LogP contribution is -2.33. The third kappa shape index (κ3) is 10.2. The highest BCUT2D eigenvalue weighted by atomic mass is 31.1. The summed E-state index contributed by atoms with van der Waals surface area (Å²) in [5.41, 5.74) is 1.26. The fraction of sp³-hybridized carbons (Fsp3) is 0.296. The molecule has 2 aliphatic rings. The summed E-state index contributed by atoms with van der Waals surface area (Å²) in [5.74, 6) is -0.173. The molecule has 0 spiro atoms. The van der Waals surface area contributed by atoms with Crippen LogP contribution in [0.25, 0.3) is 0 Å². The molecule has 7 heteroatoms. The molecule has 3 unspecified atom stereocenters. The van der Waals surface area contributed by atoms with Crippen LogP contribution in [0.1, 0.15) is 41.0 Å². The number of hydrogen-bond donors (Lipinski definition) is 3. The van der Waals surface area contributed by atoms with Gasteiger partial charge in [0.25, 0.3) is 11.8 Å². The second-order valence-electron chi connectivity index (χ2n) is 7.61. The van der Waals surface area contributed by atoms with Crippen molar-refractivity contribution >= 4 is 26.2 Å². The number of aliphatic hydroxyl groups is 1. The Morgan fingerprint density at radius 1 is 0.824 bits per heavy atom. The van der Waals surface area contributed by atoms with E-state index in [4.69, 9.17) is 0 Å². The molecule has 4 rings (SSSR count). The summed E-state index contributed by atoms with van der Waals surface area (Å²) < 4.78 is 0. The van der Waals surface area contributed by atoms with Crippen LogP contribution in [0, 0.1) is 0 Å². The van der Waals surface area contributed by atoms with E-state index in [2.05, 4.69) is 24.0 Å². The van der Waals surface area contributed by atoms with Crippen LogP contribution in [0.15, 0.2) is 85.0 Å². The summed E-state index contributed by atoms with van der Waals surface area (Å²) in [6, 6.07) is 17.8. The molecule has 0 aromatic heterocycles. The van der Waals surface area contributed by atoms with E-state index < -0.39 is 6.10 Å². The number of ketones is 1. The molecule has 34 heavy (non-hydrogen) atoms. The van der Waals surface area contributed by atoms with Gasteiger partial charge in [-0.15, -0.1) is 8.58 Å². The lowest BCUT2D eigenvalue weighted by Gasteiger charge is -2.11. The van der Waals surface area contributed by atoms with E-state index in [0.29, 0.717) is 24.0 Å². The number of aliphatic hydroxyl groups excluding tert-OH is 1. The van der Waals surface area contributed by atoms with E-state index >= 15 is 0 Å². The molecule has 0 aliphatic heterocycles. The van der Waals surface area contributed by atoms with Crippen molar-refractivity contribution < 1.29 is 19.5 Å². The van der Waals surface area contributed by atoms with Crippen molar-refractivity contribution in [2.45, 2.75) is 38.5 Å². The maximum absolute atomic E-state index is 11.7. The Balaban J connectivity index is 0.000000297. The zero-order valence-corrected chi connectivity index (χ0v) is 19.9. The van der Waals surface area contributed by atoms with Gasteiger partial charge >= 0.3 is 0 Å². The van der Waals surface area contributed by atoms with Crippen molar-refractivity contribution in [3.05, 3.63) is 96.1 Å². The highest BCUT2D eigenvalue weighted by molar-refractivity contribution is 7.35. The fourth-order valence-electron chi connectivity index (χ4n) is 3.14. The predicted octanol–water partition coefficient (Wildman–Crippen LogP) is 3.98. The number of benzene rings is 2. The summed E-state index contributed by atoms with van der Waals surface area (Å²) in [4.78, 5) is 34.3. The summed E-state index contributed by atoms with van der Waals surface area (Å²) in [7, 11) is 1.08. The molecular formula is C27H35N2O4P. The molecule has 3 atom stereocenters. The van der Waals surface area contributed by atoms with E-state index in [1.165, 1.54) is 6.08 Å². The van der Waals surface area contributed by atoms with Crippen LogP contribution >= 0.6 is 8.58 Å². The summed E-state index contributed by atoms with van der Waals surface area (Å²) in [5, 5.41) is 14.9. The predicted molar refractivity (Wildman–Crippen MR) is 141 cm³/mol. The Kier molecular flexibility index (Phi) is 13.4. The van der Waals surface area contributed by atoms with Crippen LogP contribution in [0.2, 0.25) is 0 Å². The van der Waals surface area contributed by atoms with Gasteiger partial charge in [0.1, 0.15) is 0 Å². The van der Waals surface area contributed by atoms with E-state index in [-0.39, 0.29) is 37.1 Å². The van der Waals surface area contributed by atoms with Gasteiger partial charge in [-0.05, 0) is 43.7 Å². The first-order valence-electron chi connectivity index (χ1n) is 10.8. The SMILES string of the molecule is C.CPC.O=C(NC1C=CC(O)C1)c1ccccc1.O=C1C=CC(NC(=O)c2ccccc2)C1. The average Bonchev–Trinajstić information content (AvgIpc) is 3.43. The second-order valence-corrected chi connectivity index (χ2v) is 8.61. The van der Waals surface area contributed by atoms with Crippen LogP contribution < -0.4 is 10.6 Å². The maximum atomic E-state index is 11.7. The monoisotopic (exact) mass is 482 g/mol. The molecule has 2 aliphatic carbocycles. The molecule has 0 radical (unpaired) electrons. The fourth-order valence-corrected chi connectivity index (χ4v) is 3.14. The van der Waals surface area contributed by atoms with Gasteiger partial charge in [-0.1, -0.05) is 62.1 Å². The third-order valence-electron chi connectivity index (χ3n) is 4.70. The maximum Gasteiger partial charge on any atom is 0.251 e. The number of allylic oxidation sites excluding steroid dienone is 1. The minimum atomic E-state index is -0.425. The number of rotatable bonds is 4. The van der Waals surface area contributed by atoms with Crippen molar-refractivity contribution in [2.24, 2.45) is 0 Å². The highest BCUT2D eigenvalue weighted by Crippen LogP contribution is 2.11. The summed E-state index contributed by atoms with van der Waals surface area (Å²) >= 11 is 0. The number of carbonyl (C=O) groups is 3. The zero-order chi connectivity index (χ0) is 24.1. The van der Waals surface area contributed by atoms with Crippen molar-refractivity contribution in [2.75, 3.05) is 13.3 Å². The van der Waals surface area contributed by atoms with Gasteiger partial charge in [0.2, 0.25) is 0 Å². The molecule has 182 valence electrons. The van der Waals surface area contributed by atoms with E-state index in [1.807, 2.05) is 42.5 Å². The molecule has 0 heterocycles. The van der Waals surface area contributed by atoms with Gasteiger partial charge in [-0.25, -0.2) is 0 Å². The molecule has 0 saturated heterocycles. The normalized spacial score (nSPS) is 19.6. The molecule has 3 N–H and O–H groups in total. The molecule has 0 fully saturated rings. The lowest BCUT2D eigenvalue weighted by molar-refractivity contribution is -0.114. The number of amides is 2. The highest BCUT2D eigenvalue weighted by Gasteiger charge is 2.19. The molecule has 6 nitrogen and oxygen atoms in total. The Bertz CT molecular complexity index is 961. The molecule has 2 amide bonds. The Morgan fingerprint density at radius 2 is 1.29 bits per heavy atom. The van der Waals surface area contributed by atoms with E-state index in [1.54, 1.807) is 36.4 Å². The summed E-state index contributed by atoms with van der Waals surface area (Å²) in [6.07, 6.45) is 7.28. The average molecular weight is 483 g/mol. The van der Waals surface area contributed by atoms with Crippen LogP contribution in [-0.4, -0.2) is 54.2 Å². The Labute approximate surface area is 204 Å². The lowest BCUT2D eigenvalue weighted by atomic mass is 10.2. The third-order valence-corrected chi connectivity index (χ3v) is 4.70. The minimum absolute atomic E-state index is 0. The molecular weight excluding hydrogens is 447 g/mol. The first-order valence-corrected chi connectivity index (χ1v) is 12.8. The van der Waals surface area contributed by atoms with E-state index in [0.717, 1.165) is 8.58 Å². The van der Waals surface area contributed by atoms with Crippen molar-refractivity contribution in [3.8, 4) is 0 Å². The minimum Gasteiger partial charge on any atom is -0.389 e. The number of carbonyl (C=O) groups excluding carboxylic acids is 3. The zero-order valence-electron chi connectivity index (χ0n) is 18.9. The number of nitrogens with one attached hydrogen (secondary N) is 2. The van der Waals surface area contributed by atoms with Gasteiger partial charge in [-0.2, -0.15) is 0 Å². The van der Waals surface area contributed by atoms with Crippen LogP contribution in [0.3, 0.4) is 0 Å². The van der Waals surface area contributed by atoms with Crippen LogP contribution in [0.4, 0.5) is 0 Å². The topological polar surface area (TPSA) is 95.5 Å².